The van der Waals surface area contributed by atoms with Crippen molar-refractivity contribution >= 4 is 29.6 Å². The highest BCUT2D eigenvalue weighted by Crippen LogP contribution is 2.21. The Kier molecular flexibility index (Phi) is 8.24. The minimum absolute atomic E-state index is 0.000321. The summed E-state index contributed by atoms with van der Waals surface area (Å²) in [6.45, 7) is 6.47. The second-order valence-corrected chi connectivity index (χ2v) is 8.22. The highest BCUT2D eigenvalue weighted by Gasteiger charge is 2.35. The Labute approximate surface area is 198 Å². The van der Waals surface area contributed by atoms with Gasteiger partial charge in [0.2, 0.25) is 11.8 Å². The van der Waals surface area contributed by atoms with Crippen LogP contribution in [0.2, 0.25) is 0 Å². The fourth-order valence-corrected chi connectivity index (χ4v) is 3.62. The number of rotatable bonds is 8. The van der Waals surface area contributed by atoms with Crippen molar-refractivity contribution in [2.75, 3.05) is 18.5 Å². The fraction of sp³-hybridized carbons (Fsp3) is 0.360. The number of nitrogens with one attached hydrogen (secondary N) is 2. The Morgan fingerprint density at radius 1 is 1.12 bits per heavy atom. The summed E-state index contributed by atoms with van der Waals surface area (Å²) in [6, 6.07) is 13.3. The van der Waals surface area contributed by atoms with Crippen molar-refractivity contribution in [2.45, 2.75) is 39.8 Å². The first-order valence-electron chi connectivity index (χ1n) is 11.2. The minimum Gasteiger partial charge on any atom is -0.434 e. The molecule has 0 bridgehead atoms. The van der Waals surface area contributed by atoms with Gasteiger partial charge in [0, 0.05) is 36.8 Å². The molecule has 3 amide bonds. The Balaban J connectivity index is 1.53. The van der Waals surface area contributed by atoms with E-state index in [1.54, 1.807) is 30.0 Å². The number of amides is 3. The summed E-state index contributed by atoms with van der Waals surface area (Å²) in [5.74, 6) is -0.569. The molecular formula is C25H29N3O6. The monoisotopic (exact) mass is 467 g/mol. The summed E-state index contributed by atoms with van der Waals surface area (Å²) in [4.78, 5) is 50.2. The van der Waals surface area contributed by atoms with Gasteiger partial charge in [-0.15, -0.1) is 0 Å². The quantitative estimate of drug-likeness (QED) is 0.455. The van der Waals surface area contributed by atoms with E-state index in [2.05, 4.69) is 10.6 Å². The summed E-state index contributed by atoms with van der Waals surface area (Å²) in [5, 5.41) is 5.69. The zero-order valence-corrected chi connectivity index (χ0v) is 19.5. The smallest absolute Gasteiger partial charge is 0.434 e. The first-order valence-corrected chi connectivity index (χ1v) is 11.2. The topological polar surface area (TPSA) is 114 Å². The molecule has 0 spiro atoms. The van der Waals surface area contributed by atoms with Gasteiger partial charge in [-0.1, -0.05) is 12.1 Å². The standard InChI is InChI=1S/C25H29N3O6/c1-4-33-25(32)34-21-10-8-18(9-11-21)24(31)27-20-7-5-6-17(12-20)14-26-23(30)19-13-22(29)28(15-19)16(2)3/h5-12,16,19H,4,13-15H2,1-3H3,(H,26,30)(H,27,31). The van der Waals surface area contributed by atoms with Crippen LogP contribution in [0.4, 0.5) is 10.5 Å². The number of ether oxygens (including phenoxy) is 2. The van der Waals surface area contributed by atoms with Crippen molar-refractivity contribution in [1.29, 1.82) is 0 Å². The van der Waals surface area contributed by atoms with E-state index in [0.29, 0.717) is 17.8 Å². The number of anilines is 1. The van der Waals surface area contributed by atoms with Gasteiger partial charge >= 0.3 is 6.16 Å². The summed E-state index contributed by atoms with van der Waals surface area (Å²) >= 11 is 0. The van der Waals surface area contributed by atoms with Gasteiger partial charge in [-0.05, 0) is 62.7 Å². The molecule has 9 nitrogen and oxygen atoms in total. The molecule has 1 atom stereocenters. The molecule has 2 N–H and O–H groups in total. The third kappa shape index (κ3) is 6.57. The Bertz CT molecular complexity index is 1050. The van der Waals surface area contributed by atoms with E-state index < -0.39 is 6.16 Å². The number of hydrogen-bond acceptors (Lipinski definition) is 6. The molecule has 1 saturated heterocycles. The van der Waals surface area contributed by atoms with Gasteiger partial charge in [-0.3, -0.25) is 14.4 Å². The highest BCUT2D eigenvalue weighted by atomic mass is 16.7. The van der Waals surface area contributed by atoms with Crippen LogP contribution in [0.1, 0.15) is 43.1 Å². The summed E-state index contributed by atoms with van der Waals surface area (Å²) < 4.78 is 9.69. The van der Waals surface area contributed by atoms with Gasteiger partial charge in [-0.2, -0.15) is 0 Å². The van der Waals surface area contributed by atoms with E-state index in [1.807, 2.05) is 19.9 Å². The van der Waals surface area contributed by atoms with Crippen LogP contribution < -0.4 is 15.4 Å². The molecule has 3 rings (SSSR count). The molecule has 0 radical (unpaired) electrons. The first-order chi connectivity index (χ1) is 16.3. The molecule has 0 saturated carbocycles. The molecule has 1 aliphatic rings. The van der Waals surface area contributed by atoms with Crippen LogP contribution in [0.25, 0.3) is 0 Å². The molecule has 2 aromatic carbocycles. The normalized spacial score (nSPS) is 15.2. The van der Waals surface area contributed by atoms with Crippen LogP contribution >= 0.6 is 0 Å². The molecule has 180 valence electrons. The van der Waals surface area contributed by atoms with E-state index in [4.69, 9.17) is 9.47 Å². The molecule has 2 aromatic rings. The Morgan fingerprint density at radius 3 is 2.50 bits per heavy atom. The van der Waals surface area contributed by atoms with Gasteiger partial charge in [0.15, 0.2) is 0 Å². The van der Waals surface area contributed by atoms with Gasteiger partial charge in [0.25, 0.3) is 5.91 Å². The number of carbonyl (C=O) groups excluding carboxylic acids is 4. The fourth-order valence-electron chi connectivity index (χ4n) is 3.62. The van der Waals surface area contributed by atoms with Crippen LogP contribution in [0.15, 0.2) is 48.5 Å². The second kappa shape index (κ2) is 11.3. The van der Waals surface area contributed by atoms with Crippen molar-refractivity contribution < 1.29 is 28.7 Å². The largest absolute Gasteiger partial charge is 0.513 e. The summed E-state index contributed by atoms with van der Waals surface area (Å²) in [6.07, 6.45) is -0.579. The SMILES string of the molecule is CCOC(=O)Oc1ccc(C(=O)Nc2cccc(CNC(=O)C3CC(=O)N(C(C)C)C3)c2)cc1. The molecular weight excluding hydrogens is 438 g/mol. The molecule has 1 unspecified atom stereocenters. The third-order valence-electron chi connectivity index (χ3n) is 5.38. The van der Waals surface area contributed by atoms with Gasteiger partial charge in [0.1, 0.15) is 5.75 Å². The van der Waals surface area contributed by atoms with Crippen LogP contribution in [0.3, 0.4) is 0 Å². The van der Waals surface area contributed by atoms with Crippen LogP contribution in [-0.4, -0.2) is 48.0 Å². The predicted octanol–water partition coefficient (Wildman–Crippen LogP) is 3.35. The lowest BCUT2D eigenvalue weighted by atomic mass is 10.1. The van der Waals surface area contributed by atoms with E-state index in [0.717, 1.165) is 5.56 Å². The lowest BCUT2D eigenvalue weighted by molar-refractivity contribution is -0.130. The maximum atomic E-state index is 12.6. The zero-order valence-electron chi connectivity index (χ0n) is 19.5. The maximum absolute atomic E-state index is 12.6. The Hall–Kier alpha value is -3.88. The maximum Gasteiger partial charge on any atom is 0.513 e. The van der Waals surface area contributed by atoms with Crippen molar-refractivity contribution in [3.05, 3.63) is 59.7 Å². The van der Waals surface area contributed by atoms with Gasteiger partial charge < -0.3 is 25.0 Å². The number of benzene rings is 2. The number of carbonyl (C=O) groups is 4. The molecule has 1 fully saturated rings. The van der Waals surface area contributed by atoms with E-state index in [1.165, 1.54) is 24.3 Å². The lowest BCUT2D eigenvalue weighted by Crippen LogP contribution is -2.35. The summed E-state index contributed by atoms with van der Waals surface area (Å²) in [5.41, 5.74) is 1.77. The predicted molar refractivity (Wildman–Crippen MR) is 125 cm³/mol. The van der Waals surface area contributed by atoms with Crippen LogP contribution in [-0.2, 0) is 20.9 Å². The van der Waals surface area contributed by atoms with E-state index >= 15 is 0 Å². The minimum atomic E-state index is -0.805. The molecule has 9 heteroatoms. The van der Waals surface area contributed by atoms with Gasteiger partial charge in [0.05, 0.1) is 12.5 Å². The number of hydrogen-bond donors (Lipinski definition) is 2. The number of nitrogens with zero attached hydrogens (tertiary/aromatic N) is 1. The lowest BCUT2D eigenvalue weighted by Gasteiger charge is -2.20. The molecule has 0 aliphatic carbocycles. The first kappa shape index (κ1) is 24.8. The van der Waals surface area contributed by atoms with E-state index in [-0.39, 0.29) is 55.0 Å². The third-order valence-corrected chi connectivity index (χ3v) is 5.38. The second-order valence-electron chi connectivity index (χ2n) is 8.22. The summed E-state index contributed by atoms with van der Waals surface area (Å²) in [7, 11) is 0. The van der Waals surface area contributed by atoms with E-state index in [9.17, 15) is 19.2 Å². The average Bonchev–Trinajstić information content (AvgIpc) is 3.20. The van der Waals surface area contributed by atoms with Crippen molar-refractivity contribution in [1.82, 2.24) is 10.2 Å². The average molecular weight is 468 g/mol. The molecule has 1 heterocycles. The highest BCUT2D eigenvalue weighted by molar-refractivity contribution is 6.04. The zero-order chi connectivity index (χ0) is 24.7. The van der Waals surface area contributed by atoms with Crippen molar-refractivity contribution in [2.24, 2.45) is 5.92 Å². The molecule has 1 aliphatic heterocycles. The van der Waals surface area contributed by atoms with Crippen molar-refractivity contribution in [3.8, 4) is 5.75 Å². The molecule has 0 aromatic heterocycles. The van der Waals surface area contributed by atoms with Crippen LogP contribution in [0.5, 0.6) is 5.75 Å². The molecule has 34 heavy (non-hydrogen) atoms. The number of likely N-dealkylation sites (tertiary alicyclic amines) is 1. The van der Waals surface area contributed by atoms with Crippen LogP contribution in [0, 0.1) is 5.92 Å². The van der Waals surface area contributed by atoms with Gasteiger partial charge in [-0.25, -0.2) is 4.79 Å². The Morgan fingerprint density at radius 2 is 1.85 bits per heavy atom. The van der Waals surface area contributed by atoms with Crippen molar-refractivity contribution in [3.63, 3.8) is 0 Å².